The molecule has 3 heterocycles. The fraction of sp³-hybridized carbons (Fsp3) is 0.516. The molecule has 2 fully saturated rings. The fourth-order valence-electron chi connectivity index (χ4n) is 7.53. The van der Waals surface area contributed by atoms with Crippen LogP contribution >= 0.6 is 46.4 Å². The zero-order chi connectivity index (χ0) is 32.5. The second-order valence-electron chi connectivity index (χ2n) is 13.1. The minimum Gasteiger partial charge on any atom is -0.481 e. The average molecular weight is 691 g/mol. The van der Waals surface area contributed by atoms with Crippen LogP contribution in [0.3, 0.4) is 0 Å². The van der Waals surface area contributed by atoms with Crippen LogP contribution in [0.1, 0.15) is 52.5 Å². The molecule has 238 valence electrons. The molecule has 5 atom stereocenters. The smallest absolute Gasteiger partial charge is 0.310 e. The molecule has 0 radical (unpaired) electrons. The number of carboxylic acids is 1. The van der Waals surface area contributed by atoms with Crippen molar-refractivity contribution in [2.45, 2.75) is 64.5 Å². The van der Waals surface area contributed by atoms with E-state index in [1.165, 1.54) is 40.1 Å². The number of amides is 2. The Balaban J connectivity index is 1.71. The number of benzene rings is 2. The number of carboxylic acid groups (broad SMARTS) is 1. The lowest BCUT2D eigenvalue weighted by Gasteiger charge is -2.38. The Kier molecular flexibility index (Phi) is 8.73. The summed E-state index contributed by atoms with van der Waals surface area (Å²) >= 11 is 25.4. The van der Waals surface area contributed by atoms with E-state index < -0.39 is 65.5 Å². The van der Waals surface area contributed by atoms with Crippen LogP contribution in [0, 0.1) is 23.2 Å². The minimum absolute atomic E-state index is 0.0288. The number of halogens is 6. The maximum Gasteiger partial charge on any atom is 0.310 e. The number of hydrogen-bond acceptors (Lipinski definition) is 4. The topological polar surface area (TPSA) is 90.0 Å². The number of carbonyl (C=O) groups is 3. The van der Waals surface area contributed by atoms with Gasteiger partial charge in [0.1, 0.15) is 11.5 Å². The van der Waals surface area contributed by atoms with E-state index in [1.807, 2.05) is 13.8 Å². The van der Waals surface area contributed by atoms with Crippen molar-refractivity contribution in [1.29, 1.82) is 0 Å². The summed E-state index contributed by atoms with van der Waals surface area (Å²) in [4.78, 5) is 44.7. The number of nitrogens with one attached hydrogen (secondary N) is 1. The summed E-state index contributed by atoms with van der Waals surface area (Å²) in [6.45, 7) is 7.31. The summed E-state index contributed by atoms with van der Waals surface area (Å²) in [5.74, 6) is -9.34. The van der Waals surface area contributed by atoms with Crippen LogP contribution in [0.4, 0.5) is 20.2 Å². The van der Waals surface area contributed by atoms with E-state index in [-0.39, 0.29) is 37.9 Å². The van der Waals surface area contributed by atoms with Gasteiger partial charge in [-0.1, -0.05) is 80.5 Å². The van der Waals surface area contributed by atoms with Gasteiger partial charge in [-0.05, 0) is 48.1 Å². The molecule has 0 aromatic heterocycles. The molecule has 0 saturated carbocycles. The third-order valence-corrected chi connectivity index (χ3v) is 10.1. The Hall–Kier alpha value is -2.17. The summed E-state index contributed by atoms with van der Waals surface area (Å²) in [6.07, 6.45) is 0.809. The van der Waals surface area contributed by atoms with Crippen molar-refractivity contribution in [3.05, 3.63) is 56.0 Å². The van der Waals surface area contributed by atoms with Crippen molar-refractivity contribution < 1.29 is 28.3 Å². The van der Waals surface area contributed by atoms with Crippen LogP contribution in [0.2, 0.25) is 20.1 Å². The first kappa shape index (κ1) is 33.2. The molecule has 2 N–H and O–H groups in total. The molecule has 13 heteroatoms. The zero-order valence-corrected chi connectivity index (χ0v) is 27.6. The molecule has 7 nitrogen and oxygen atoms in total. The van der Waals surface area contributed by atoms with Gasteiger partial charge in [0.25, 0.3) is 11.8 Å². The average Bonchev–Trinajstić information content (AvgIpc) is 3.47. The molecule has 3 aliphatic heterocycles. The Morgan fingerprint density at radius 3 is 2.32 bits per heavy atom. The van der Waals surface area contributed by atoms with Crippen molar-refractivity contribution in [3.8, 4) is 0 Å². The zero-order valence-electron chi connectivity index (χ0n) is 24.6. The third-order valence-electron chi connectivity index (χ3n) is 9.20. The van der Waals surface area contributed by atoms with E-state index in [4.69, 9.17) is 46.4 Å². The van der Waals surface area contributed by atoms with Crippen molar-refractivity contribution >= 4 is 75.6 Å². The highest BCUT2D eigenvalue weighted by molar-refractivity contribution is 6.38. The lowest BCUT2D eigenvalue weighted by Crippen LogP contribution is -2.54. The summed E-state index contributed by atoms with van der Waals surface area (Å²) < 4.78 is 30.6. The van der Waals surface area contributed by atoms with Gasteiger partial charge in [-0.15, -0.1) is 0 Å². The minimum atomic E-state index is -3.30. The molecule has 2 aromatic rings. The van der Waals surface area contributed by atoms with E-state index in [0.29, 0.717) is 11.6 Å². The van der Waals surface area contributed by atoms with E-state index in [9.17, 15) is 19.5 Å². The molecule has 0 aliphatic carbocycles. The fourth-order valence-corrected chi connectivity index (χ4v) is 8.59. The second-order valence-corrected chi connectivity index (χ2v) is 14.8. The monoisotopic (exact) mass is 689 g/mol. The van der Waals surface area contributed by atoms with Gasteiger partial charge >= 0.3 is 5.97 Å². The van der Waals surface area contributed by atoms with E-state index in [0.717, 1.165) is 12.8 Å². The number of carbonyl (C=O) groups excluding carboxylic acids is 2. The molecule has 1 spiro atoms. The Morgan fingerprint density at radius 2 is 1.73 bits per heavy atom. The van der Waals surface area contributed by atoms with Crippen LogP contribution in [-0.4, -0.2) is 52.8 Å². The van der Waals surface area contributed by atoms with Crippen molar-refractivity contribution in [2.75, 3.05) is 23.3 Å². The number of anilines is 2. The van der Waals surface area contributed by atoms with Gasteiger partial charge in [0.05, 0.1) is 23.2 Å². The maximum absolute atomic E-state index is 15.3. The molecule has 2 saturated heterocycles. The number of alkyl halides is 2. The third kappa shape index (κ3) is 5.57. The van der Waals surface area contributed by atoms with Gasteiger partial charge in [-0.3, -0.25) is 19.3 Å². The normalized spacial score (nSPS) is 26.4. The summed E-state index contributed by atoms with van der Waals surface area (Å²) in [6, 6.07) is 6.00. The first-order valence-corrected chi connectivity index (χ1v) is 15.9. The molecule has 44 heavy (non-hydrogen) atoms. The van der Waals surface area contributed by atoms with Crippen LogP contribution in [-0.2, 0) is 19.9 Å². The number of fused-ring (bicyclic) bond motifs is 4. The summed E-state index contributed by atoms with van der Waals surface area (Å²) in [7, 11) is 0. The first-order valence-electron chi connectivity index (χ1n) is 14.4. The van der Waals surface area contributed by atoms with Crippen LogP contribution in [0.25, 0.3) is 0 Å². The van der Waals surface area contributed by atoms with Crippen LogP contribution in [0.15, 0.2) is 30.3 Å². The predicted molar refractivity (Wildman–Crippen MR) is 168 cm³/mol. The van der Waals surface area contributed by atoms with Gasteiger partial charge in [-0.25, -0.2) is 8.78 Å². The second kappa shape index (κ2) is 11.6. The van der Waals surface area contributed by atoms with Crippen molar-refractivity contribution in [1.82, 2.24) is 4.90 Å². The predicted octanol–water partition coefficient (Wildman–Crippen LogP) is 7.98. The largest absolute Gasteiger partial charge is 0.481 e. The molecular formula is C31H33Cl4F2N3O4. The molecule has 1 unspecified atom stereocenters. The number of rotatable bonds is 8. The summed E-state index contributed by atoms with van der Waals surface area (Å²) in [5.41, 5.74) is -2.20. The van der Waals surface area contributed by atoms with Gasteiger partial charge in [0.2, 0.25) is 5.91 Å². The molecular weight excluding hydrogens is 658 g/mol. The molecule has 2 amide bonds. The van der Waals surface area contributed by atoms with E-state index in [1.54, 1.807) is 0 Å². The standard InChI is InChI=1S/C31H33Cl4F2N3O4/c1-5-15(2)11-29(3,4)13-39(19-7-16(32)6-17(33)8-19)26(41)23-22-12-30(36,37)14-40(22)31(24(23)27(42)43)20-9-18(34)10-21(35)25(20)38-28(31)44/h6-10,15,22-24H,5,11-14H2,1-4H3,(H,38,44)(H,42,43)/t15?,22-,23+,24-,31+/m1/s1. The lowest BCUT2D eigenvalue weighted by atomic mass is 9.73. The SMILES string of the molecule is CCC(C)CC(C)(C)CN(C(=O)[C@H]1[C@H]2CC(F)(F)CN2[C@]2(C(=O)Nc3c(Cl)cc(Cl)cc32)[C@H]1C(=O)O)c1cc(Cl)cc(Cl)c1. The first-order chi connectivity index (χ1) is 20.4. The Labute approximate surface area is 274 Å². The lowest BCUT2D eigenvalue weighted by molar-refractivity contribution is -0.153. The van der Waals surface area contributed by atoms with Gasteiger partial charge in [0.15, 0.2) is 0 Å². The number of hydrogen-bond donors (Lipinski definition) is 2. The molecule has 0 bridgehead atoms. The molecule has 5 rings (SSSR count). The Morgan fingerprint density at radius 1 is 1.11 bits per heavy atom. The van der Waals surface area contributed by atoms with Gasteiger partial charge in [0, 0.05) is 45.3 Å². The van der Waals surface area contributed by atoms with E-state index >= 15 is 8.78 Å². The highest BCUT2D eigenvalue weighted by Crippen LogP contribution is 2.61. The van der Waals surface area contributed by atoms with Crippen LogP contribution < -0.4 is 10.2 Å². The number of nitrogens with zero attached hydrogens (tertiary/aromatic N) is 2. The van der Waals surface area contributed by atoms with Crippen LogP contribution in [0.5, 0.6) is 0 Å². The highest BCUT2D eigenvalue weighted by Gasteiger charge is 2.74. The van der Waals surface area contributed by atoms with E-state index in [2.05, 4.69) is 19.2 Å². The maximum atomic E-state index is 15.3. The Bertz CT molecular complexity index is 1520. The van der Waals surface area contributed by atoms with Gasteiger partial charge in [-0.2, -0.15) is 0 Å². The van der Waals surface area contributed by atoms with Crippen molar-refractivity contribution in [2.24, 2.45) is 23.2 Å². The van der Waals surface area contributed by atoms with Gasteiger partial charge < -0.3 is 15.3 Å². The summed E-state index contributed by atoms with van der Waals surface area (Å²) in [5, 5.41) is 14.0. The van der Waals surface area contributed by atoms with Crippen molar-refractivity contribution in [3.63, 3.8) is 0 Å². The quantitative estimate of drug-likeness (QED) is 0.293. The molecule has 2 aromatic carbocycles. The highest BCUT2D eigenvalue weighted by atomic mass is 35.5. The molecule has 3 aliphatic rings. The number of aliphatic carboxylic acids is 1.